The van der Waals surface area contributed by atoms with E-state index in [9.17, 15) is 13.2 Å². The zero-order chi connectivity index (χ0) is 17.4. The molecular weight excluding hydrogens is 326 g/mol. The molecule has 2 rings (SSSR count). The zero-order valence-electron chi connectivity index (χ0n) is 13.5. The Labute approximate surface area is 142 Å². The van der Waals surface area contributed by atoms with Gasteiger partial charge in [0.25, 0.3) is 0 Å². The number of hydrogen-bond donors (Lipinski definition) is 1. The van der Waals surface area contributed by atoms with Gasteiger partial charge in [-0.05, 0) is 36.2 Å². The van der Waals surface area contributed by atoms with Crippen molar-refractivity contribution in [3.63, 3.8) is 0 Å². The first-order valence-corrected chi connectivity index (χ1v) is 9.49. The molecule has 0 radical (unpaired) electrons. The summed E-state index contributed by atoms with van der Waals surface area (Å²) in [4.78, 5) is 11.3. The fourth-order valence-electron chi connectivity index (χ4n) is 2.32. The molecule has 0 amide bonds. The number of benzene rings is 2. The molecule has 0 saturated heterocycles. The van der Waals surface area contributed by atoms with E-state index in [1.807, 2.05) is 18.2 Å². The number of aldehydes is 1. The van der Waals surface area contributed by atoms with Gasteiger partial charge in [-0.25, -0.2) is 0 Å². The highest BCUT2D eigenvalue weighted by molar-refractivity contribution is 7.86. The summed E-state index contributed by atoms with van der Waals surface area (Å²) in [5.74, 6) is -0.0454. The largest absolute Gasteiger partial charge is 0.383 e. The maximum Gasteiger partial charge on any atom is 0.306 e. The Balaban J connectivity index is 1.85. The van der Waals surface area contributed by atoms with Crippen LogP contribution in [0.4, 0.5) is 0 Å². The molecule has 1 N–H and O–H groups in total. The summed E-state index contributed by atoms with van der Waals surface area (Å²) < 4.78 is 26.9. The first-order chi connectivity index (χ1) is 11.5. The Morgan fingerprint density at radius 1 is 1.08 bits per heavy atom. The van der Waals surface area contributed by atoms with Gasteiger partial charge >= 0.3 is 10.1 Å². The van der Waals surface area contributed by atoms with E-state index in [0.717, 1.165) is 31.1 Å². The highest BCUT2D eigenvalue weighted by Crippen LogP contribution is 2.19. The minimum Gasteiger partial charge on any atom is -0.383 e. The maximum absolute atomic E-state index is 11.3. The average Bonchev–Trinajstić information content (AvgIpc) is 2.55. The number of rotatable bonds is 9. The normalized spacial score (nSPS) is 12.5. The van der Waals surface area contributed by atoms with Crippen molar-refractivity contribution >= 4 is 16.4 Å². The van der Waals surface area contributed by atoms with Crippen molar-refractivity contribution in [3.05, 3.63) is 65.7 Å². The lowest BCUT2D eigenvalue weighted by atomic mass is 10.0. The molecule has 5 nitrogen and oxygen atoms in total. The third-order valence-electron chi connectivity index (χ3n) is 3.52. The van der Waals surface area contributed by atoms with Gasteiger partial charge in [-0.1, -0.05) is 42.5 Å². The maximum atomic E-state index is 11.3. The van der Waals surface area contributed by atoms with Gasteiger partial charge < -0.3 is 14.3 Å². The van der Waals surface area contributed by atoms with E-state index in [1.165, 1.54) is 5.56 Å². The van der Waals surface area contributed by atoms with Crippen LogP contribution in [0.5, 0.6) is 5.75 Å². The summed E-state index contributed by atoms with van der Waals surface area (Å²) in [7, 11) is -3.54. The first kappa shape index (κ1) is 18.2. The van der Waals surface area contributed by atoms with E-state index < -0.39 is 10.1 Å². The van der Waals surface area contributed by atoms with Crippen LogP contribution in [0.2, 0.25) is 0 Å². The van der Waals surface area contributed by atoms with E-state index in [4.69, 9.17) is 4.18 Å². The van der Waals surface area contributed by atoms with Gasteiger partial charge in [0.2, 0.25) is 0 Å². The molecule has 0 spiro atoms. The SMILES string of the molecule is CS(=O)(=O)Oc1ccc(C(C=O)CNCCc2ccccc2)cc1. The lowest BCUT2D eigenvalue weighted by Gasteiger charge is -2.13. The molecule has 0 fully saturated rings. The highest BCUT2D eigenvalue weighted by atomic mass is 32.2. The fourth-order valence-corrected chi connectivity index (χ4v) is 2.79. The highest BCUT2D eigenvalue weighted by Gasteiger charge is 2.11. The molecule has 0 aliphatic carbocycles. The minimum absolute atomic E-state index is 0.239. The molecule has 6 heteroatoms. The topological polar surface area (TPSA) is 72.5 Å². The molecular formula is C18H21NO4S. The summed E-state index contributed by atoms with van der Waals surface area (Å²) >= 11 is 0. The molecule has 0 aromatic heterocycles. The second-order valence-corrected chi connectivity index (χ2v) is 7.11. The van der Waals surface area contributed by atoms with Crippen LogP contribution in [0.25, 0.3) is 0 Å². The third-order valence-corrected chi connectivity index (χ3v) is 4.01. The molecule has 2 aromatic carbocycles. The van der Waals surface area contributed by atoms with Crippen molar-refractivity contribution in [3.8, 4) is 5.75 Å². The summed E-state index contributed by atoms with van der Waals surface area (Å²) in [5.41, 5.74) is 2.06. The van der Waals surface area contributed by atoms with Crippen LogP contribution in [-0.4, -0.2) is 34.0 Å². The van der Waals surface area contributed by atoms with Crippen LogP contribution in [-0.2, 0) is 21.3 Å². The number of carbonyl (C=O) groups is 1. The molecule has 128 valence electrons. The smallest absolute Gasteiger partial charge is 0.306 e. The minimum atomic E-state index is -3.54. The molecule has 1 atom stereocenters. The number of nitrogens with one attached hydrogen (secondary N) is 1. The summed E-state index contributed by atoms with van der Waals surface area (Å²) in [6.45, 7) is 1.31. The molecule has 0 aliphatic heterocycles. The van der Waals surface area contributed by atoms with Crippen molar-refractivity contribution in [1.29, 1.82) is 0 Å². The van der Waals surface area contributed by atoms with Gasteiger partial charge in [-0.15, -0.1) is 0 Å². The second kappa shape index (κ2) is 8.61. The Morgan fingerprint density at radius 2 is 1.75 bits per heavy atom. The monoisotopic (exact) mass is 347 g/mol. The van der Waals surface area contributed by atoms with Gasteiger partial charge in [0.05, 0.1) is 12.2 Å². The van der Waals surface area contributed by atoms with Crippen molar-refractivity contribution in [1.82, 2.24) is 5.32 Å². The average molecular weight is 347 g/mol. The zero-order valence-corrected chi connectivity index (χ0v) is 14.3. The van der Waals surface area contributed by atoms with E-state index in [0.29, 0.717) is 6.54 Å². The van der Waals surface area contributed by atoms with Crippen molar-refractivity contribution in [2.45, 2.75) is 12.3 Å². The second-order valence-electron chi connectivity index (χ2n) is 5.54. The van der Waals surface area contributed by atoms with Crippen molar-refractivity contribution in [2.75, 3.05) is 19.3 Å². The van der Waals surface area contributed by atoms with Gasteiger partial charge in [0.1, 0.15) is 12.0 Å². The van der Waals surface area contributed by atoms with Gasteiger partial charge in [0.15, 0.2) is 0 Å². The first-order valence-electron chi connectivity index (χ1n) is 7.67. The van der Waals surface area contributed by atoms with Crippen LogP contribution in [0, 0.1) is 0 Å². The number of hydrogen-bond acceptors (Lipinski definition) is 5. The Hall–Kier alpha value is -2.18. The molecule has 24 heavy (non-hydrogen) atoms. The van der Waals surface area contributed by atoms with E-state index in [2.05, 4.69) is 17.4 Å². The van der Waals surface area contributed by atoms with Crippen LogP contribution in [0.1, 0.15) is 17.0 Å². The van der Waals surface area contributed by atoms with E-state index in [-0.39, 0.29) is 11.7 Å². The lowest BCUT2D eigenvalue weighted by Crippen LogP contribution is -2.24. The molecule has 1 unspecified atom stereocenters. The van der Waals surface area contributed by atoms with Gasteiger partial charge in [-0.2, -0.15) is 8.42 Å². The predicted octanol–water partition coefficient (Wildman–Crippen LogP) is 2.14. The standard InChI is InChI=1S/C18H21NO4S/c1-24(21,22)23-18-9-7-16(8-10-18)17(14-20)13-19-12-11-15-5-3-2-4-6-15/h2-10,14,17,19H,11-13H2,1H3. The van der Waals surface area contributed by atoms with Crippen LogP contribution >= 0.6 is 0 Å². The Bertz CT molecular complexity index is 742. The summed E-state index contributed by atoms with van der Waals surface area (Å²) in [6, 6.07) is 16.6. The predicted molar refractivity (Wildman–Crippen MR) is 93.7 cm³/mol. The van der Waals surface area contributed by atoms with Crippen LogP contribution in [0.3, 0.4) is 0 Å². The van der Waals surface area contributed by atoms with E-state index in [1.54, 1.807) is 24.3 Å². The molecule has 0 saturated carbocycles. The molecule has 0 bridgehead atoms. The number of carbonyl (C=O) groups excluding carboxylic acids is 1. The van der Waals surface area contributed by atoms with Gasteiger partial charge in [-0.3, -0.25) is 0 Å². The molecule has 0 aliphatic rings. The Morgan fingerprint density at radius 3 is 2.33 bits per heavy atom. The van der Waals surface area contributed by atoms with Crippen LogP contribution < -0.4 is 9.50 Å². The van der Waals surface area contributed by atoms with E-state index >= 15 is 0 Å². The third kappa shape index (κ3) is 6.14. The van der Waals surface area contributed by atoms with Gasteiger partial charge in [0, 0.05) is 6.54 Å². The lowest BCUT2D eigenvalue weighted by molar-refractivity contribution is -0.109. The molecule has 2 aromatic rings. The summed E-state index contributed by atoms with van der Waals surface area (Å²) in [6.07, 6.45) is 2.78. The molecule has 0 heterocycles. The quantitative estimate of drug-likeness (QED) is 0.427. The van der Waals surface area contributed by atoms with Crippen molar-refractivity contribution < 1.29 is 17.4 Å². The van der Waals surface area contributed by atoms with Crippen molar-refractivity contribution in [2.24, 2.45) is 0 Å². The summed E-state index contributed by atoms with van der Waals surface area (Å²) in [5, 5.41) is 3.28. The Kier molecular flexibility index (Phi) is 6.52. The fraction of sp³-hybridized carbons (Fsp3) is 0.278. The van der Waals surface area contributed by atoms with Crippen LogP contribution in [0.15, 0.2) is 54.6 Å².